The van der Waals surface area contributed by atoms with E-state index in [9.17, 15) is 4.79 Å². The van der Waals surface area contributed by atoms with Crippen molar-refractivity contribution in [2.75, 3.05) is 38.0 Å². The second kappa shape index (κ2) is 7.16. The minimum atomic E-state index is -0.118. The number of likely N-dealkylation sites (N-methyl/N-ethyl adjacent to an activating group) is 1. The van der Waals surface area contributed by atoms with E-state index in [4.69, 9.17) is 23.2 Å². The van der Waals surface area contributed by atoms with Gasteiger partial charge in [0.05, 0.1) is 10.7 Å². The molecule has 4 nitrogen and oxygen atoms in total. The standard InChI is InChI=1S/C14H19Cl2N3O/c1-2-18-6-3-7-19(9-8-18)14(20)17-13-10-11(15)4-5-12(13)16/h4-5,10H,2-3,6-9H2,1H3,(H,17,20). The molecule has 0 spiro atoms. The average molecular weight is 316 g/mol. The molecule has 1 fully saturated rings. The number of nitrogens with zero attached hydrogens (tertiary/aromatic N) is 2. The van der Waals surface area contributed by atoms with Crippen LogP contribution in [0.25, 0.3) is 0 Å². The van der Waals surface area contributed by atoms with E-state index in [1.807, 2.05) is 4.90 Å². The second-order valence-electron chi connectivity index (χ2n) is 4.83. The SMILES string of the molecule is CCN1CCCN(C(=O)Nc2cc(Cl)ccc2Cl)CC1. The van der Waals surface area contributed by atoms with Gasteiger partial charge in [-0.3, -0.25) is 0 Å². The fraction of sp³-hybridized carbons (Fsp3) is 0.500. The lowest BCUT2D eigenvalue weighted by Crippen LogP contribution is -2.38. The monoisotopic (exact) mass is 315 g/mol. The third-order valence-electron chi connectivity index (χ3n) is 3.49. The van der Waals surface area contributed by atoms with Crippen molar-refractivity contribution >= 4 is 34.9 Å². The third kappa shape index (κ3) is 4.01. The predicted octanol–water partition coefficient (Wildman–Crippen LogP) is 3.55. The molecule has 1 heterocycles. The molecule has 0 atom stereocenters. The van der Waals surface area contributed by atoms with Gasteiger partial charge in [0.25, 0.3) is 0 Å². The largest absolute Gasteiger partial charge is 0.323 e. The number of carbonyl (C=O) groups excluding carboxylic acids is 1. The molecule has 0 bridgehead atoms. The van der Waals surface area contributed by atoms with Gasteiger partial charge in [-0.15, -0.1) is 0 Å². The average Bonchev–Trinajstić information content (AvgIpc) is 2.68. The molecule has 1 aliphatic heterocycles. The summed E-state index contributed by atoms with van der Waals surface area (Å²) in [6.45, 7) is 6.61. The van der Waals surface area contributed by atoms with Gasteiger partial charge >= 0.3 is 6.03 Å². The van der Waals surface area contributed by atoms with Gasteiger partial charge in [-0.25, -0.2) is 4.79 Å². The maximum atomic E-state index is 12.3. The summed E-state index contributed by atoms with van der Waals surface area (Å²) in [6, 6.07) is 4.93. The van der Waals surface area contributed by atoms with Gasteiger partial charge in [0.1, 0.15) is 0 Å². The van der Waals surface area contributed by atoms with Crippen LogP contribution in [-0.2, 0) is 0 Å². The Morgan fingerprint density at radius 3 is 2.80 bits per heavy atom. The highest BCUT2D eigenvalue weighted by atomic mass is 35.5. The quantitative estimate of drug-likeness (QED) is 0.905. The van der Waals surface area contributed by atoms with Crippen LogP contribution >= 0.6 is 23.2 Å². The van der Waals surface area contributed by atoms with Crippen LogP contribution in [0, 0.1) is 0 Å². The molecule has 0 aromatic heterocycles. The molecule has 110 valence electrons. The minimum absolute atomic E-state index is 0.118. The molecule has 2 rings (SSSR count). The van der Waals surface area contributed by atoms with Crippen LogP contribution in [0.15, 0.2) is 18.2 Å². The Morgan fingerprint density at radius 2 is 2.05 bits per heavy atom. The fourth-order valence-electron chi connectivity index (χ4n) is 2.28. The highest BCUT2D eigenvalue weighted by Crippen LogP contribution is 2.25. The van der Waals surface area contributed by atoms with E-state index in [0.29, 0.717) is 15.7 Å². The van der Waals surface area contributed by atoms with Crippen LogP contribution in [0.5, 0.6) is 0 Å². The van der Waals surface area contributed by atoms with Gasteiger partial charge in [-0.2, -0.15) is 0 Å². The maximum Gasteiger partial charge on any atom is 0.321 e. The molecule has 1 N–H and O–H groups in total. The van der Waals surface area contributed by atoms with Crippen LogP contribution in [0.1, 0.15) is 13.3 Å². The molecule has 1 saturated heterocycles. The second-order valence-corrected chi connectivity index (χ2v) is 5.67. The smallest absolute Gasteiger partial charge is 0.321 e. The first-order chi connectivity index (χ1) is 9.60. The summed E-state index contributed by atoms with van der Waals surface area (Å²) in [6.07, 6.45) is 0.991. The van der Waals surface area contributed by atoms with E-state index in [1.165, 1.54) is 0 Å². The Hall–Kier alpha value is -0.970. The molecule has 1 aromatic carbocycles. The number of anilines is 1. The van der Waals surface area contributed by atoms with Gasteiger partial charge in [0.2, 0.25) is 0 Å². The molecule has 1 aromatic rings. The molecule has 0 saturated carbocycles. The summed E-state index contributed by atoms with van der Waals surface area (Å²) in [5, 5.41) is 3.88. The Morgan fingerprint density at radius 1 is 1.25 bits per heavy atom. The lowest BCUT2D eigenvalue weighted by molar-refractivity contribution is 0.212. The van der Waals surface area contributed by atoms with E-state index in [0.717, 1.165) is 39.1 Å². The number of hydrogen-bond acceptors (Lipinski definition) is 2. The summed E-state index contributed by atoms with van der Waals surface area (Å²) in [4.78, 5) is 16.4. The molecule has 1 aliphatic rings. The van der Waals surface area contributed by atoms with E-state index < -0.39 is 0 Å². The van der Waals surface area contributed by atoms with Crippen molar-refractivity contribution in [3.63, 3.8) is 0 Å². The summed E-state index contributed by atoms with van der Waals surface area (Å²) in [5.41, 5.74) is 0.556. The van der Waals surface area contributed by atoms with Crippen LogP contribution in [0.3, 0.4) is 0 Å². The first kappa shape index (κ1) is 15.4. The van der Waals surface area contributed by atoms with Crippen molar-refractivity contribution in [2.24, 2.45) is 0 Å². The van der Waals surface area contributed by atoms with Crippen molar-refractivity contribution < 1.29 is 4.79 Å². The first-order valence-corrected chi connectivity index (χ1v) is 7.59. The lowest BCUT2D eigenvalue weighted by Gasteiger charge is -2.22. The summed E-state index contributed by atoms with van der Waals surface area (Å²) in [5.74, 6) is 0. The van der Waals surface area contributed by atoms with Gasteiger partial charge < -0.3 is 15.1 Å². The number of halogens is 2. The Balaban J connectivity index is 1.99. The topological polar surface area (TPSA) is 35.6 Å². The highest BCUT2D eigenvalue weighted by Gasteiger charge is 2.19. The van der Waals surface area contributed by atoms with Crippen LogP contribution in [-0.4, -0.2) is 48.6 Å². The van der Waals surface area contributed by atoms with Crippen LogP contribution in [0.4, 0.5) is 10.5 Å². The number of hydrogen-bond donors (Lipinski definition) is 1. The van der Waals surface area contributed by atoms with Gasteiger partial charge in [0.15, 0.2) is 0 Å². The molecular weight excluding hydrogens is 297 g/mol. The Bertz CT molecular complexity index is 481. The van der Waals surface area contributed by atoms with Gasteiger partial charge in [0, 0.05) is 24.7 Å². The molecule has 20 heavy (non-hydrogen) atoms. The number of carbonyl (C=O) groups is 1. The highest BCUT2D eigenvalue weighted by molar-refractivity contribution is 6.35. The third-order valence-corrected chi connectivity index (χ3v) is 4.06. The molecule has 0 radical (unpaired) electrons. The van der Waals surface area contributed by atoms with Crippen molar-refractivity contribution in [2.45, 2.75) is 13.3 Å². The zero-order valence-electron chi connectivity index (χ0n) is 11.5. The number of benzene rings is 1. The summed E-state index contributed by atoms with van der Waals surface area (Å²) >= 11 is 12.0. The summed E-state index contributed by atoms with van der Waals surface area (Å²) in [7, 11) is 0. The summed E-state index contributed by atoms with van der Waals surface area (Å²) < 4.78 is 0. The number of nitrogens with one attached hydrogen (secondary N) is 1. The minimum Gasteiger partial charge on any atom is -0.323 e. The van der Waals surface area contributed by atoms with Crippen molar-refractivity contribution in [3.8, 4) is 0 Å². The van der Waals surface area contributed by atoms with E-state index >= 15 is 0 Å². The molecule has 6 heteroatoms. The van der Waals surface area contributed by atoms with Gasteiger partial charge in [-0.1, -0.05) is 30.1 Å². The molecule has 2 amide bonds. The predicted molar refractivity (Wildman–Crippen MR) is 83.8 cm³/mol. The van der Waals surface area contributed by atoms with E-state index in [-0.39, 0.29) is 6.03 Å². The fourth-order valence-corrected chi connectivity index (χ4v) is 2.61. The van der Waals surface area contributed by atoms with Crippen molar-refractivity contribution in [3.05, 3.63) is 28.2 Å². The van der Waals surface area contributed by atoms with Crippen molar-refractivity contribution in [1.82, 2.24) is 9.80 Å². The van der Waals surface area contributed by atoms with Crippen LogP contribution in [0.2, 0.25) is 10.0 Å². The normalized spacial score (nSPS) is 16.9. The molecule has 0 unspecified atom stereocenters. The van der Waals surface area contributed by atoms with E-state index in [2.05, 4.69) is 17.1 Å². The maximum absolute atomic E-state index is 12.3. The van der Waals surface area contributed by atoms with Gasteiger partial charge in [-0.05, 0) is 37.7 Å². The first-order valence-electron chi connectivity index (χ1n) is 6.83. The number of rotatable bonds is 2. The number of amides is 2. The Kier molecular flexibility index (Phi) is 5.52. The zero-order valence-corrected chi connectivity index (χ0v) is 13.0. The van der Waals surface area contributed by atoms with Crippen LogP contribution < -0.4 is 5.32 Å². The zero-order chi connectivity index (χ0) is 14.5. The molecular formula is C14H19Cl2N3O. The molecule has 0 aliphatic carbocycles. The van der Waals surface area contributed by atoms with Crippen molar-refractivity contribution in [1.29, 1.82) is 0 Å². The van der Waals surface area contributed by atoms with E-state index in [1.54, 1.807) is 18.2 Å². The lowest BCUT2D eigenvalue weighted by atomic mass is 10.3. The Labute approximate surface area is 129 Å². The number of urea groups is 1.